The molecular formula is C15H15IN2O2. The minimum atomic E-state index is -0.185. The third kappa shape index (κ3) is 4.19. The Morgan fingerprint density at radius 1 is 1.20 bits per heavy atom. The Bertz CT molecular complexity index is 580. The zero-order valence-electron chi connectivity index (χ0n) is 11.3. The molecule has 1 amide bonds. The SMILES string of the molecule is CC(C)Oc1ccc(C(=O)Nc2ccc(I)cc2)cn1. The quantitative estimate of drug-likeness (QED) is 0.821. The van der Waals surface area contributed by atoms with Crippen LogP contribution in [0, 0.1) is 3.57 Å². The number of anilines is 1. The van der Waals surface area contributed by atoms with Gasteiger partial charge in [-0.15, -0.1) is 0 Å². The van der Waals surface area contributed by atoms with Crippen molar-refractivity contribution in [1.82, 2.24) is 4.98 Å². The molecule has 0 atom stereocenters. The summed E-state index contributed by atoms with van der Waals surface area (Å²) in [4.78, 5) is 16.2. The van der Waals surface area contributed by atoms with Crippen molar-refractivity contribution in [2.24, 2.45) is 0 Å². The molecule has 1 aromatic heterocycles. The molecule has 0 saturated heterocycles. The van der Waals surface area contributed by atoms with Crippen molar-refractivity contribution < 1.29 is 9.53 Å². The van der Waals surface area contributed by atoms with E-state index >= 15 is 0 Å². The Morgan fingerprint density at radius 2 is 1.90 bits per heavy atom. The van der Waals surface area contributed by atoms with E-state index in [1.807, 2.05) is 38.1 Å². The summed E-state index contributed by atoms with van der Waals surface area (Å²) in [5.74, 6) is 0.334. The first-order valence-electron chi connectivity index (χ1n) is 6.24. The molecule has 5 heteroatoms. The molecule has 1 N–H and O–H groups in total. The summed E-state index contributed by atoms with van der Waals surface area (Å²) in [6, 6.07) is 11.0. The fourth-order valence-corrected chi connectivity index (χ4v) is 1.92. The van der Waals surface area contributed by atoms with Gasteiger partial charge in [-0.2, -0.15) is 0 Å². The maximum Gasteiger partial charge on any atom is 0.257 e. The molecule has 0 fully saturated rings. The Hall–Kier alpha value is -1.63. The van der Waals surface area contributed by atoms with Gasteiger partial charge in [0.25, 0.3) is 5.91 Å². The molecule has 2 rings (SSSR count). The molecule has 0 radical (unpaired) electrons. The number of amides is 1. The predicted octanol–water partition coefficient (Wildman–Crippen LogP) is 3.73. The van der Waals surface area contributed by atoms with Gasteiger partial charge in [0.2, 0.25) is 5.88 Å². The third-order valence-corrected chi connectivity index (χ3v) is 3.18. The van der Waals surface area contributed by atoms with Crippen LogP contribution >= 0.6 is 22.6 Å². The molecule has 104 valence electrons. The lowest BCUT2D eigenvalue weighted by Crippen LogP contribution is -2.13. The number of rotatable bonds is 4. The fraction of sp³-hybridized carbons (Fsp3) is 0.200. The molecule has 1 heterocycles. The van der Waals surface area contributed by atoms with Crippen molar-refractivity contribution >= 4 is 34.2 Å². The summed E-state index contributed by atoms with van der Waals surface area (Å²) < 4.78 is 6.56. The highest BCUT2D eigenvalue weighted by atomic mass is 127. The molecule has 2 aromatic rings. The molecular weight excluding hydrogens is 367 g/mol. The van der Waals surface area contributed by atoms with Crippen LogP contribution in [0.25, 0.3) is 0 Å². The average molecular weight is 382 g/mol. The van der Waals surface area contributed by atoms with Crippen LogP contribution in [0.1, 0.15) is 24.2 Å². The van der Waals surface area contributed by atoms with Gasteiger partial charge in [-0.3, -0.25) is 4.79 Å². The highest BCUT2D eigenvalue weighted by Crippen LogP contribution is 2.14. The maximum atomic E-state index is 12.0. The van der Waals surface area contributed by atoms with Gasteiger partial charge in [-0.05, 0) is 66.8 Å². The van der Waals surface area contributed by atoms with Crippen molar-refractivity contribution in [2.45, 2.75) is 20.0 Å². The van der Waals surface area contributed by atoms with Crippen LogP contribution in [0.3, 0.4) is 0 Å². The number of halogens is 1. The number of pyridine rings is 1. The van der Waals surface area contributed by atoms with Crippen LogP contribution in [0.5, 0.6) is 5.88 Å². The number of ether oxygens (including phenoxy) is 1. The van der Waals surface area contributed by atoms with E-state index < -0.39 is 0 Å². The van der Waals surface area contributed by atoms with Crippen molar-refractivity contribution in [3.63, 3.8) is 0 Å². The third-order valence-electron chi connectivity index (χ3n) is 2.46. The second kappa shape index (κ2) is 6.69. The zero-order chi connectivity index (χ0) is 14.5. The van der Waals surface area contributed by atoms with E-state index in [0.717, 1.165) is 9.26 Å². The van der Waals surface area contributed by atoms with Gasteiger partial charge in [-0.25, -0.2) is 4.98 Å². The minimum absolute atomic E-state index is 0.0639. The Kier molecular flexibility index (Phi) is 4.94. The molecule has 1 aromatic carbocycles. The van der Waals surface area contributed by atoms with Gasteiger partial charge in [-0.1, -0.05) is 0 Å². The topological polar surface area (TPSA) is 51.2 Å². The van der Waals surface area contributed by atoms with Gasteiger partial charge in [0.15, 0.2) is 0 Å². The fourth-order valence-electron chi connectivity index (χ4n) is 1.56. The van der Waals surface area contributed by atoms with E-state index in [4.69, 9.17) is 4.74 Å². The van der Waals surface area contributed by atoms with E-state index in [1.165, 1.54) is 6.20 Å². The van der Waals surface area contributed by atoms with Crippen LogP contribution in [0.2, 0.25) is 0 Å². The molecule has 20 heavy (non-hydrogen) atoms. The summed E-state index contributed by atoms with van der Waals surface area (Å²) in [6.45, 7) is 3.86. The number of aromatic nitrogens is 1. The van der Waals surface area contributed by atoms with Gasteiger partial charge >= 0.3 is 0 Å². The van der Waals surface area contributed by atoms with E-state index in [2.05, 4.69) is 32.9 Å². The number of hydrogen-bond donors (Lipinski definition) is 1. The van der Waals surface area contributed by atoms with Gasteiger partial charge in [0, 0.05) is 21.5 Å². The first-order chi connectivity index (χ1) is 9.54. The molecule has 0 spiro atoms. The Morgan fingerprint density at radius 3 is 2.45 bits per heavy atom. The second-order valence-corrected chi connectivity index (χ2v) is 5.76. The van der Waals surface area contributed by atoms with E-state index in [-0.39, 0.29) is 12.0 Å². The summed E-state index contributed by atoms with van der Waals surface area (Å²) in [5, 5.41) is 2.82. The summed E-state index contributed by atoms with van der Waals surface area (Å²) >= 11 is 2.22. The van der Waals surface area contributed by atoms with Gasteiger partial charge in [0.1, 0.15) is 0 Å². The van der Waals surface area contributed by atoms with E-state index in [9.17, 15) is 4.79 Å². The standard InChI is InChI=1S/C15H15IN2O2/c1-10(2)20-14-8-3-11(9-17-14)15(19)18-13-6-4-12(16)5-7-13/h3-10H,1-2H3,(H,18,19). The van der Waals surface area contributed by atoms with Crippen LogP contribution in [-0.2, 0) is 0 Å². The molecule has 0 bridgehead atoms. The average Bonchev–Trinajstić information content (AvgIpc) is 2.41. The second-order valence-electron chi connectivity index (χ2n) is 4.51. The summed E-state index contributed by atoms with van der Waals surface area (Å²) in [6.07, 6.45) is 1.58. The molecule has 0 saturated carbocycles. The number of carbonyl (C=O) groups excluding carboxylic acids is 1. The molecule has 0 aliphatic carbocycles. The Balaban J connectivity index is 2.03. The van der Waals surface area contributed by atoms with Crippen LogP contribution in [0.4, 0.5) is 5.69 Å². The normalized spacial score (nSPS) is 10.4. The van der Waals surface area contributed by atoms with Gasteiger partial charge in [0.05, 0.1) is 11.7 Å². The number of nitrogens with one attached hydrogen (secondary N) is 1. The highest BCUT2D eigenvalue weighted by Gasteiger charge is 2.07. The minimum Gasteiger partial charge on any atom is -0.475 e. The molecule has 0 unspecified atom stereocenters. The van der Waals surface area contributed by atoms with Crippen LogP contribution in [-0.4, -0.2) is 17.0 Å². The number of carbonyl (C=O) groups is 1. The first-order valence-corrected chi connectivity index (χ1v) is 7.32. The molecule has 0 aliphatic rings. The highest BCUT2D eigenvalue weighted by molar-refractivity contribution is 14.1. The summed E-state index contributed by atoms with van der Waals surface area (Å²) in [7, 11) is 0. The van der Waals surface area contributed by atoms with Crippen LogP contribution < -0.4 is 10.1 Å². The smallest absolute Gasteiger partial charge is 0.257 e. The lowest BCUT2D eigenvalue weighted by molar-refractivity contribution is 0.102. The summed E-state index contributed by atoms with van der Waals surface area (Å²) in [5.41, 5.74) is 1.26. The van der Waals surface area contributed by atoms with E-state index in [0.29, 0.717) is 11.4 Å². The zero-order valence-corrected chi connectivity index (χ0v) is 13.4. The predicted molar refractivity (Wildman–Crippen MR) is 87.1 cm³/mol. The van der Waals surface area contributed by atoms with E-state index in [1.54, 1.807) is 12.1 Å². The monoisotopic (exact) mass is 382 g/mol. The van der Waals surface area contributed by atoms with Crippen molar-refractivity contribution in [2.75, 3.05) is 5.32 Å². The van der Waals surface area contributed by atoms with Gasteiger partial charge < -0.3 is 10.1 Å². The van der Waals surface area contributed by atoms with Crippen molar-refractivity contribution in [3.8, 4) is 5.88 Å². The van der Waals surface area contributed by atoms with Crippen molar-refractivity contribution in [1.29, 1.82) is 0 Å². The first kappa shape index (κ1) is 14.8. The largest absolute Gasteiger partial charge is 0.475 e. The lowest BCUT2D eigenvalue weighted by Gasteiger charge is -2.09. The Labute approximate surface area is 131 Å². The number of hydrogen-bond acceptors (Lipinski definition) is 3. The van der Waals surface area contributed by atoms with Crippen LogP contribution in [0.15, 0.2) is 42.6 Å². The number of benzene rings is 1. The lowest BCUT2D eigenvalue weighted by atomic mass is 10.2. The molecule has 4 nitrogen and oxygen atoms in total. The van der Waals surface area contributed by atoms with Crippen molar-refractivity contribution in [3.05, 3.63) is 51.7 Å². The maximum absolute atomic E-state index is 12.0. The molecule has 0 aliphatic heterocycles. The number of nitrogens with zero attached hydrogens (tertiary/aromatic N) is 1.